The molecule has 0 fully saturated rings. The highest BCUT2D eigenvalue weighted by molar-refractivity contribution is 7.20. The molecule has 70 heavy (non-hydrogen) atoms. The van der Waals surface area contributed by atoms with Crippen molar-refractivity contribution in [1.82, 2.24) is 0 Å². The van der Waals surface area contributed by atoms with E-state index in [-0.39, 0.29) is 0 Å². The maximum absolute atomic E-state index is 15.4. The van der Waals surface area contributed by atoms with Crippen LogP contribution >= 0.6 is 0 Å². The number of aromatic nitrogens is 1. The molecular formula is C48H30BF20N. The molecule has 0 saturated heterocycles. The maximum Gasteiger partial charge on any atom is 0.200 e. The molecule has 7 rings (SSSR count). The predicted molar refractivity (Wildman–Crippen MR) is 216 cm³/mol. The number of nitrogens with zero attached hydrogens (tertiary/aromatic N) is 1. The third-order valence-corrected chi connectivity index (χ3v) is 11.7. The van der Waals surface area contributed by atoms with Gasteiger partial charge in [0.25, 0.3) is 0 Å². The third kappa shape index (κ3) is 9.04. The number of fused-ring (bicyclic) bond motifs is 1. The van der Waals surface area contributed by atoms with Crippen LogP contribution in [0.4, 0.5) is 87.8 Å². The standard InChI is InChI=1S/C24BF20.C24H30N/c26-5-1(6(27)14(35)21(42)13(5)34)25(2-7(28)15(36)22(43)16(37)8(2)29,3-9(30)17(38)23(44)18(39)10(3)31)4-11(32)19(40)24(45)20(41)12(4)33;1-2-3-4-5-6-10-17-24-23-16-12-11-15-22(23)18-19-25(24)20-21-13-8-7-9-14-21/h;7-9,11-16,18-19H,2-6,10,17,20H2,1H3/q-1;+1. The number of pyridine rings is 1. The Kier molecular flexibility index (Phi) is 16.0. The molecule has 1 nitrogen and oxygen atoms in total. The van der Waals surface area contributed by atoms with E-state index in [1.807, 2.05) is 0 Å². The summed E-state index contributed by atoms with van der Waals surface area (Å²) in [5.41, 5.74) is -11.5. The van der Waals surface area contributed by atoms with Crippen LogP contribution in [0.15, 0.2) is 66.9 Å². The topological polar surface area (TPSA) is 3.88 Å². The van der Waals surface area contributed by atoms with Gasteiger partial charge in [-0.05, 0) is 17.9 Å². The van der Waals surface area contributed by atoms with Crippen LogP contribution in [0.2, 0.25) is 0 Å². The minimum absolute atomic E-state index is 0.955. The van der Waals surface area contributed by atoms with Crippen molar-refractivity contribution in [1.29, 1.82) is 0 Å². The van der Waals surface area contributed by atoms with Gasteiger partial charge in [-0.2, -0.15) is 4.57 Å². The molecule has 6 aromatic carbocycles. The molecule has 0 atom stereocenters. The lowest BCUT2D eigenvalue weighted by Gasteiger charge is -2.44. The van der Waals surface area contributed by atoms with Crippen molar-refractivity contribution >= 4 is 38.8 Å². The summed E-state index contributed by atoms with van der Waals surface area (Å²) in [6.07, 6.45) is 4.30. The first-order chi connectivity index (χ1) is 33.1. The lowest BCUT2D eigenvalue weighted by atomic mass is 9.12. The molecule has 22 heteroatoms. The fourth-order valence-corrected chi connectivity index (χ4v) is 8.47. The van der Waals surface area contributed by atoms with E-state index in [4.69, 9.17) is 0 Å². The van der Waals surface area contributed by atoms with Crippen molar-refractivity contribution in [2.45, 2.75) is 58.4 Å². The lowest BCUT2D eigenvalue weighted by molar-refractivity contribution is -0.694. The van der Waals surface area contributed by atoms with Gasteiger partial charge in [0.1, 0.15) is 52.7 Å². The van der Waals surface area contributed by atoms with Gasteiger partial charge in [-0.25, -0.2) is 87.8 Å². The summed E-state index contributed by atoms with van der Waals surface area (Å²) in [6, 6.07) is 21.9. The van der Waals surface area contributed by atoms with E-state index >= 15 is 35.1 Å². The van der Waals surface area contributed by atoms with Crippen molar-refractivity contribution < 1.29 is 92.4 Å². The number of hydrogen-bond acceptors (Lipinski definition) is 0. The van der Waals surface area contributed by atoms with Gasteiger partial charge in [0.05, 0.1) is 0 Å². The van der Waals surface area contributed by atoms with Gasteiger partial charge < -0.3 is 0 Å². The monoisotopic (exact) mass is 1010 g/mol. The Morgan fingerprint density at radius 3 is 1.03 bits per heavy atom. The van der Waals surface area contributed by atoms with E-state index in [9.17, 15) is 52.7 Å². The Hall–Kier alpha value is -6.61. The van der Waals surface area contributed by atoms with Crippen LogP contribution in [0.5, 0.6) is 0 Å². The first-order valence-corrected chi connectivity index (χ1v) is 20.8. The van der Waals surface area contributed by atoms with Gasteiger partial charge in [0.2, 0.25) is 0 Å². The zero-order chi connectivity index (χ0) is 51.7. The summed E-state index contributed by atoms with van der Waals surface area (Å²) >= 11 is 0. The molecule has 0 N–H and O–H groups in total. The lowest BCUT2D eigenvalue weighted by Crippen LogP contribution is -2.81. The van der Waals surface area contributed by atoms with E-state index in [2.05, 4.69) is 78.4 Å². The van der Waals surface area contributed by atoms with Crippen LogP contribution in [-0.2, 0) is 13.0 Å². The van der Waals surface area contributed by atoms with E-state index in [1.54, 1.807) is 0 Å². The van der Waals surface area contributed by atoms with E-state index < -0.39 is 144 Å². The zero-order valence-electron chi connectivity index (χ0n) is 35.6. The molecule has 0 aliphatic heterocycles. The van der Waals surface area contributed by atoms with Crippen molar-refractivity contribution in [2.24, 2.45) is 0 Å². The van der Waals surface area contributed by atoms with Gasteiger partial charge in [0, 0.05) is 23.4 Å². The van der Waals surface area contributed by atoms with Crippen LogP contribution in [0.25, 0.3) is 10.8 Å². The summed E-state index contributed by atoms with van der Waals surface area (Å²) in [5.74, 6) is -71.4. The van der Waals surface area contributed by atoms with E-state index in [0.717, 1.165) is 6.54 Å². The number of halogens is 20. The van der Waals surface area contributed by atoms with Crippen LogP contribution in [0, 0.1) is 116 Å². The van der Waals surface area contributed by atoms with Gasteiger partial charge in [-0.3, -0.25) is 0 Å². The fourth-order valence-electron chi connectivity index (χ4n) is 8.47. The predicted octanol–water partition coefficient (Wildman–Crippen LogP) is 11.9. The van der Waals surface area contributed by atoms with Crippen molar-refractivity contribution in [3.63, 3.8) is 0 Å². The fraction of sp³-hybridized carbons (Fsp3) is 0.188. The third-order valence-electron chi connectivity index (χ3n) is 11.7. The van der Waals surface area contributed by atoms with Crippen molar-refractivity contribution in [3.8, 4) is 0 Å². The van der Waals surface area contributed by atoms with Gasteiger partial charge >= 0.3 is 0 Å². The second-order valence-electron chi connectivity index (χ2n) is 15.8. The Labute approximate surface area is 383 Å². The summed E-state index contributed by atoms with van der Waals surface area (Å²) in [7, 11) is 0. The molecule has 0 spiro atoms. The van der Waals surface area contributed by atoms with Gasteiger partial charge in [0.15, 0.2) is 88.2 Å². The van der Waals surface area contributed by atoms with Crippen LogP contribution < -0.4 is 26.4 Å². The normalized spacial score (nSPS) is 11.7. The number of hydrogen-bond donors (Lipinski definition) is 0. The van der Waals surface area contributed by atoms with Gasteiger partial charge in [-0.1, -0.05) is 87.6 Å². The van der Waals surface area contributed by atoms with E-state index in [1.165, 1.54) is 67.0 Å². The second kappa shape index (κ2) is 21.2. The first-order valence-electron chi connectivity index (χ1n) is 20.8. The summed E-state index contributed by atoms with van der Waals surface area (Å²) < 4.78 is 296. The minimum atomic E-state index is -7.22. The molecule has 0 aliphatic rings. The Morgan fingerprint density at radius 2 is 0.657 bits per heavy atom. The minimum Gasteiger partial charge on any atom is -0.207 e. The molecule has 1 aromatic heterocycles. The van der Waals surface area contributed by atoms with E-state index in [0.29, 0.717) is 0 Å². The van der Waals surface area contributed by atoms with Gasteiger partial charge in [-0.15, -0.1) is 21.9 Å². The molecule has 1 heterocycles. The summed E-state index contributed by atoms with van der Waals surface area (Å²) in [5, 5.41) is 2.77. The number of unbranched alkanes of at least 4 members (excludes halogenated alkanes) is 5. The molecular weight excluding hydrogens is 981 g/mol. The molecule has 7 aromatic rings. The zero-order valence-corrected chi connectivity index (χ0v) is 35.6. The van der Waals surface area contributed by atoms with Crippen molar-refractivity contribution in [3.05, 3.63) is 194 Å². The number of rotatable bonds is 13. The molecule has 0 unspecified atom stereocenters. The number of benzene rings is 6. The smallest absolute Gasteiger partial charge is 0.200 e. The second-order valence-corrected chi connectivity index (χ2v) is 15.8. The quantitative estimate of drug-likeness (QED) is 0.0271. The largest absolute Gasteiger partial charge is 0.207 e. The van der Waals surface area contributed by atoms with Crippen LogP contribution in [0.3, 0.4) is 0 Å². The molecule has 370 valence electrons. The first kappa shape index (κ1) is 52.8. The molecule has 0 aliphatic carbocycles. The average molecular weight is 1010 g/mol. The summed E-state index contributed by atoms with van der Waals surface area (Å²) in [6.45, 7) is 3.24. The molecule has 0 radical (unpaired) electrons. The molecule has 0 bridgehead atoms. The molecule has 0 amide bonds. The Bertz CT molecular complexity index is 2740. The molecule has 0 saturated carbocycles. The highest BCUT2D eigenvalue weighted by Gasteiger charge is 2.52. The summed E-state index contributed by atoms with van der Waals surface area (Å²) in [4.78, 5) is 0. The number of aryl methyl sites for hydroxylation is 1. The van der Waals surface area contributed by atoms with Crippen LogP contribution in [0.1, 0.15) is 56.7 Å². The van der Waals surface area contributed by atoms with Crippen LogP contribution in [-0.4, -0.2) is 6.15 Å². The highest BCUT2D eigenvalue weighted by Crippen LogP contribution is 2.31. The Morgan fingerprint density at radius 1 is 0.343 bits per heavy atom. The Balaban J connectivity index is 0.000000270. The highest BCUT2D eigenvalue weighted by atomic mass is 19.2. The maximum atomic E-state index is 15.4. The van der Waals surface area contributed by atoms with Crippen molar-refractivity contribution in [2.75, 3.05) is 0 Å². The average Bonchev–Trinajstić information content (AvgIpc) is 3.35. The SMILES string of the molecule is CCCCCCCCc1c2ccccc2cc[n+]1Cc1ccccc1.Fc1c(F)c(F)c([B-](c2c(F)c(F)c(F)c(F)c2F)(c2c(F)c(F)c(F)c(F)c2F)c2c(F)c(F)c(F)c(F)c2F)c(F)c1F.